The Hall–Kier alpha value is -2.38. The Morgan fingerprint density at radius 1 is 1.07 bits per heavy atom. The minimum absolute atomic E-state index is 0.0103. The molecule has 1 aromatic heterocycles. The quantitative estimate of drug-likeness (QED) is 0.761. The van der Waals surface area contributed by atoms with Gasteiger partial charge in [-0.05, 0) is 12.8 Å². The minimum atomic E-state index is -0.674. The fourth-order valence-electron chi connectivity index (χ4n) is 5.00. The molecule has 1 aromatic rings. The first-order valence-corrected chi connectivity index (χ1v) is 10.2. The molecule has 3 fully saturated rings. The molecule has 3 aliphatic heterocycles. The van der Waals surface area contributed by atoms with Crippen LogP contribution >= 0.6 is 0 Å². The van der Waals surface area contributed by atoms with Crippen LogP contribution in [0.25, 0.3) is 0 Å². The first kappa shape index (κ1) is 19.0. The third-order valence-electron chi connectivity index (χ3n) is 6.47. The first-order chi connectivity index (χ1) is 13.3. The van der Waals surface area contributed by atoms with Gasteiger partial charge in [0.1, 0.15) is 0 Å². The lowest BCUT2D eigenvalue weighted by Gasteiger charge is -2.32. The van der Waals surface area contributed by atoms with Crippen molar-refractivity contribution in [1.29, 1.82) is 0 Å². The maximum absolute atomic E-state index is 13.5. The molecule has 4 rings (SSSR count). The third kappa shape index (κ3) is 2.99. The Bertz CT molecular complexity index is 798. The molecule has 2 atom stereocenters. The van der Waals surface area contributed by atoms with Crippen LogP contribution in [0.3, 0.4) is 0 Å². The summed E-state index contributed by atoms with van der Waals surface area (Å²) in [7, 11) is 1.78. The lowest BCUT2D eigenvalue weighted by Crippen LogP contribution is -2.49. The number of aromatic nitrogens is 2. The molecule has 152 valence electrons. The normalized spacial score (nSPS) is 27.0. The lowest BCUT2D eigenvalue weighted by atomic mass is 9.79. The molecule has 0 saturated carbocycles. The van der Waals surface area contributed by atoms with Gasteiger partial charge in [-0.2, -0.15) is 5.10 Å². The highest BCUT2D eigenvalue weighted by molar-refractivity contribution is 5.95. The standard InChI is InChI=1S/C20H29N5O3/c1-14(2)17(26)24-10-16-11-25(18(27)15-8-21-22(3)9-15)13-20(16,12-24)19(28)23-6-4-5-7-23/h8-9,14,16H,4-7,10-13H2,1-3H3/t16-,20-/m0/s1. The summed E-state index contributed by atoms with van der Waals surface area (Å²) in [6, 6.07) is 0. The number of rotatable bonds is 3. The highest BCUT2D eigenvalue weighted by atomic mass is 16.2. The average molecular weight is 387 g/mol. The summed E-state index contributed by atoms with van der Waals surface area (Å²) in [4.78, 5) is 44.7. The second-order valence-electron chi connectivity index (χ2n) is 8.81. The van der Waals surface area contributed by atoms with Crippen LogP contribution in [0.5, 0.6) is 0 Å². The number of carbonyl (C=O) groups is 3. The molecule has 8 nitrogen and oxygen atoms in total. The topological polar surface area (TPSA) is 78.8 Å². The zero-order valence-corrected chi connectivity index (χ0v) is 16.9. The molecular weight excluding hydrogens is 358 g/mol. The number of aryl methyl sites for hydroxylation is 1. The second kappa shape index (κ2) is 6.90. The molecule has 0 aromatic carbocycles. The van der Waals surface area contributed by atoms with E-state index in [0.29, 0.717) is 31.7 Å². The lowest BCUT2D eigenvalue weighted by molar-refractivity contribution is -0.141. The van der Waals surface area contributed by atoms with Crippen LogP contribution in [0.2, 0.25) is 0 Å². The van der Waals surface area contributed by atoms with Crippen molar-refractivity contribution in [2.24, 2.45) is 24.3 Å². The van der Waals surface area contributed by atoms with E-state index in [0.717, 1.165) is 25.9 Å². The van der Waals surface area contributed by atoms with Gasteiger partial charge < -0.3 is 14.7 Å². The first-order valence-electron chi connectivity index (χ1n) is 10.2. The molecule has 0 spiro atoms. The molecule has 0 radical (unpaired) electrons. The number of fused-ring (bicyclic) bond motifs is 1. The minimum Gasteiger partial charge on any atom is -0.342 e. The second-order valence-corrected chi connectivity index (χ2v) is 8.81. The monoisotopic (exact) mass is 387 g/mol. The van der Waals surface area contributed by atoms with E-state index in [4.69, 9.17) is 0 Å². The smallest absolute Gasteiger partial charge is 0.257 e. The maximum Gasteiger partial charge on any atom is 0.257 e. The Kier molecular flexibility index (Phi) is 4.67. The predicted octanol–water partition coefficient (Wildman–Crippen LogP) is 0.599. The van der Waals surface area contributed by atoms with Crippen molar-refractivity contribution in [3.63, 3.8) is 0 Å². The van der Waals surface area contributed by atoms with Crippen molar-refractivity contribution in [2.45, 2.75) is 26.7 Å². The van der Waals surface area contributed by atoms with Gasteiger partial charge in [-0.1, -0.05) is 13.8 Å². The van der Waals surface area contributed by atoms with Gasteiger partial charge in [-0.15, -0.1) is 0 Å². The largest absolute Gasteiger partial charge is 0.342 e. The summed E-state index contributed by atoms with van der Waals surface area (Å²) in [5.41, 5.74) is -0.131. The summed E-state index contributed by atoms with van der Waals surface area (Å²) in [5, 5.41) is 4.09. The van der Waals surface area contributed by atoms with E-state index in [2.05, 4.69) is 5.10 Å². The molecule has 3 amide bonds. The molecule has 0 N–H and O–H groups in total. The zero-order chi connectivity index (χ0) is 20.1. The summed E-state index contributed by atoms with van der Waals surface area (Å²) in [5.74, 6) is 0.0244. The summed E-state index contributed by atoms with van der Waals surface area (Å²) < 4.78 is 1.61. The van der Waals surface area contributed by atoms with Crippen LogP contribution in [0.1, 0.15) is 37.0 Å². The van der Waals surface area contributed by atoms with Crippen molar-refractivity contribution < 1.29 is 14.4 Å². The number of hydrogen-bond donors (Lipinski definition) is 0. The van der Waals surface area contributed by atoms with Gasteiger partial charge in [0.2, 0.25) is 11.8 Å². The van der Waals surface area contributed by atoms with E-state index in [1.54, 1.807) is 29.0 Å². The fraction of sp³-hybridized carbons (Fsp3) is 0.700. The van der Waals surface area contributed by atoms with E-state index < -0.39 is 5.41 Å². The van der Waals surface area contributed by atoms with Gasteiger partial charge in [-0.3, -0.25) is 19.1 Å². The predicted molar refractivity (Wildman–Crippen MR) is 102 cm³/mol. The number of hydrogen-bond acceptors (Lipinski definition) is 4. The van der Waals surface area contributed by atoms with Crippen molar-refractivity contribution >= 4 is 17.7 Å². The molecule has 3 saturated heterocycles. The maximum atomic E-state index is 13.5. The van der Waals surface area contributed by atoms with E-state index >= 15 is 0 Å². The molecule has 4 heterocycles. The van der Waals surface area contributed by atoms with Crippen LogP contribution in [0.4, 0.5) is 0 Å². The molecule has 3 aliphatic rings. The van der Waals surface area contributed by atoms with Gasteiger partial charge in [-0.25, -0.2) is 0 Å². The van der Waals surface area contributed by atoms with Crippen molar-refractivity contribution in [3.8, 4) is 0 Å². The SMILES string of the molecule is CC(C)C(=O)N1C[C@H]2CN(C(=O)c3cnn(C)c3)C[C@@]2(C(=O)N2CCCC2)C1. The Labute approximate surface area is 165 Å². The van der Waals surface area contributed by atoms with Gasteiger partial charge in [0.15, 0.2) is 0 Å². The molecule has 0 unspecified atom stereocenters. The van der Waals surface area contributed by atoms with Crippen LogP contribution in [0.15, 0.2) is 12.4 Å². The van der Waals surface area contributed by atoms with E-state index in [9.17, 15) is 14.4 Å². The van der Waals surface area contributed by atoms with E-state index in [1.807, 2.05) is 23.6 Å². The van der Waals surface area contributed by atoms with Gasteiger partial charge in [0, 0.05) is 64.3 Å². The van der Waals surface area contributed by atoms with E-state index in [1.165, 1.54) is 0 Å². The Balaban J connectivity index is 1.60. The number of nitrogens with zero attached hydrogens (tertiary/aromatic N) is 5. The van der Waals surface area contributed by atoms with Gasteiger partial charge >= 0.3 is 0 Å². The van der Waals surface area contributed by atoms with Crippen LogP contribution < -0.4 is 0 Å². The van der Waals surface area contributed by atoms with Crippen molar-refractivity contribution in [3.05, 3.63) is 18.0 Å². The number of carbonyl (C=O) groups excluding carboxylic acids is 3. The summed E-state index contributed by atoms with van der Waals surface area (Å²) in [6.07, 6.45) is 5.33. The number of likely N-dealkylation sites (tertiary alicyclic amines) is 3. The Morgan fingerprint density at radius 3 is 2.32 bits per heavy atom. The third-order valence-corrected chi connectivity index (χ3v) is 6.47. The Morgan fingerprint density at radius 2 is 1.71 bits per heavy atom. The molecular formula is C20H29N5O3. The highest BCUT2D eigenvalue weighted by Crippen LogP contribution is 2.45. The van der Waals surface area contributed by atoms with Crippen molar-refractivity contribution in [2.75, 3.05) is 39.3 Å². The van der Waals surface area contributed by atoms with Gasteiger partial charge in [0.05, 0.1) is 17.2 Å². The molecule has 0 bridgehead atoms. The fourth-order valence-corrected chi connectivity index (χ4v) is 5.00. The highest BCUT2D eigenvalue weighted by Gasteiger charge is 2.60. The van der Waals surface area contributed by atoms with Crippen molar-refractivity contribution in [1.82, 2.24) is 24.5 Å². The van der Waals surface area contributed by atoms with Gasteiger partial charge in [0.25, 0.3) is 5.91 Å². The van der Waals surface area contributed by atoms with Crippen LogP contribution in [-0.2, 0) is 16.6 Å². The number of amides is 3. The van der Waals surface area contributed by atoms with E-state index in [-0.39, 0.29) is 29.6 Å². The average Bonchev–Trinajstić information content (AvgIpc) is 3.42. The van der Waals surface area contributed by atoms with Crippen LogP contribution in [0, 0.1) is 17.3 Å². The summed E-state index contributed by atoms with van der Waals surface area (Å²) in [6.45, 7) is 7.20. The molecule has 8 heteroatoms. The van der Waals surface area contributed by atoms with Crippen LogP contribution in [-0.4, -0.2) is 81.5 Å². The molecule has 0 aliphatic carbocycles. The zero-order valence-electron chi connectivity index (χ0n) is 16.9. The summed E-state index contributed by atoms with van der Waals surface area (Å²) >= 11 is 0. The molecule has 28 heavy (non-hydrogen) atoms.